The number of benzene rings is 1. The van der Waals surface area contributed by atoms with E-state index in [-0.39, 0.29) is 5.75 Å². The molecule has 7 nitrogen and oxygen atoms in total. The lowest BCUT2D eigenvalue weighted by Gasteiger charge is -2.20. The number of rotatable bonds is 6. The van der Waals surface area contributed by atoms with Crippen LogP contribution < -0.4 is 9.08 Å². The Morgan fingerprint density at radius 2 is 1.53 bits per heavy atom. The van der Waals surface area contributed by atoms with Gasteiger partial charge in [-0.2, -0.15) is 16.8 Å². The van der Waals surface area contributed by atoms with Crippen molar-refractivity contribution < 1.29 is 25.6 Å². The SMILES string of the molecule is CCN(CC)c1ccc(OS(=O)(=O)S(=O)(=O)O)cc1. The van der Waals surface area contributed by atoms with E-state index in [1.54, 1.807) is 12.1 Å². The quantitative estimate of drug-likeness (QED) is 0.619. The molecule has 0 unspecified atom stereocenters. The zero-order valence-electron chi connectivity index (χ0n) is 10.5. The van der Waals surface area contributed by atoms with Crippen molar-refractivity contribution in [2.45, 2.75) is 13.8 Å². The van der Waals surface area contributed by atoms with Crippen LogP contribution in [0.3, 0.4) is 0 Å². The highest BCUT2D eigenvalue weighted by atomic mass is 33.2. The van der Waals surface area contributed by atoms with Crippen molar-refractivity contribution >= 4 is 24.0 Å². The number of anilines is 1. The van der Waals surface area contributed by atoms with Crippen LogP contribution in [0, 0.1) is 0 Å². The molecule has 9 heteroatoms. The molecule has 0 aromatic heterocycles. The van der Waals surface area contributed by atoms with Gasteiger partial charge in [0.1, 0.15) is 5.75 Å². The molecule has 0 aliphatic heterocycles. The first kappa shape index (κ1) is 15.7. The van der Waals surface area contributed by atoms with Crippen molar-refractivity contribution in [2.75, 3.05) is 18.0 Å². The fraction of sp³-hybridized carbons (Fsp3) is 0.400. The fourth-order valence-electron chi connectivity index (χ4n) is 1.46. The van der Waals surface area contributed by atoms with E-state index in [1.165, 1.54) is 12.1 Å². The van der Waals surface area contributed by atoms with Crippen LogP contribution in [0.2, 0.25) is 0 Å². The van der Waals surface area contributed by atoms with Gasteiger partial charge in [-0.25, -0.2) is 0 Å². The zero-order chi connectivity index (χ0) is 14.7. The van der Waals surface area contributed by atoms with Crippen molar-refractivity contribution in [1.82, 2.24) is 0 Å². The molecule has 1 rings (SSSR count). The number of hydrogen-bond acceptors (Lipinski definition) is 6. The van der Waals surface area contributed by atoms with E-state index in [2.05, 4.69) is 4.18 Å². The van der Waals surface area contributed by atoms with Crippen molar-refractivity contribution in [3.63, 3.8) is 0 Å². The van der Waals surface area contributed by atoms with Crippen molar-refractivity contribution in [2.24, 2.45) is 0 Å². The van der Waals surface area contributed by atoms with Gasteiger partial charge >= 0.3 is 18.3 Å². The van der Waals surface area contributed by atoms with Gasteiger partial charge in [0.05, 0.1) is 0 Å². The molecule has 19 heavy (non-hydrogen) atoms. The Labute approximate surface area is 112 Å². The summed E-state index contributed by atoms with van der Waals surface area (Å²) in [5.41, 5.74) is 0.849. The predicted octanol–water partition coefficient (Wildman–Crippen LogP) is 1.04. The van der Waals surface area contributed by atoms with Crippen molar-refractivity contribution in [3.05, 3.63) is 24.3 Å². The summed E-state index contributed by atoms with van der Waals surface area (Å²) in [7, 11) is -10.4. The first-order chi connectivity index (χ1) is 8.71. The minimum atomic E-state index is -5.30. The van der Waals surface area contributed by atoms with Crippen LogP contribution in [0.25, 0.3) is 0 Å². The van der Waals surface area contributed by atoms with E-state index in [0.717, 1.165) is 18.8 Å². The Balaban J connectivity index is 2.96. The van der Waals surface area contributed by atoms with Gasteiger partial charge in [0.25, 0.3) is 0 Å². The first-order valence-corrected chi connectivity index (χ1v) is 8.84. The second kappa shape index (κ2) is 5.76. The second-order valence-electron chi connectivity index (χ2n) is 3.59. The Hall–Kier alpha value is -1.32. The summed E-state index contributed by atoms with van der Waals surface area (Å²) in [6.07, 6.45) is 0. The van der Waals surface area contributed by atoms with Crippen LogP contribution in [0.15, 0.2) is 24.3 Å². The lowest BCUT2D eigenvalue weighted by atomic mass is 10.2. The molecule has 0 spiro atoms. The van der Waals surface area contributed by atoms with Gasteiger partial charge in [-0.1, -0.05) is 0 Å². The van der Waals surface area contributed by atoms with Gasteiger partial charge in [0, 0.05) is 18.8 Å². The Bertz CT molecular complexity index is 616. The van der Waals surface area contributed by atoms with Crippen LogP contribution in [0.4, 0.5) is 5.69 Å². The molecule has 108 valence electrons. The van der Waals surface area contributed by atoms with Crippen LogP contribution in [0.1, 0.15) is 13.8 Å². The molecule has 0 saturated heterocycles. The van der Waals surface area contributed by atoms with Crippen molar-refractivity contribution in [3.8, 4) is 5.75 Å². The first-order valence-electron chi connectivity index (χ1n) is 5.48. The molecule has 0 aliphatic rings. The third-order valence-electron chi connectivity index (χ3n) is 2.42. The zero-order valence-corrected chi connectivity index (χ0v) is 12.1. The van der Waals surface area contributed by atoms with E-state index < -0.39 is 18.3 Å². The maximum Gasteiger partial charge on any atom is 0.444 e. The summed E-state index contributed by atoms with van der Waals surface area (Å²) >= 11 is 0. The topological polar surface area (TPSA) is 101 Å². The summed E-state index contributed by atoms with van der Waals surface area (Å²) < 4.78 is 56.0. The highest BCUT2D eigenvalue weighted by Gasteiger charge is 2.29. The third-order valence-corrected chi connectivity index (χ3v) is 5.09. The summed E-state index contributed by atoms with van der Waals surface area (Å²) in [5.74, 6) is -0.187. The summed E-state index contributed by atoms with van der Waals surface area (Å²) in [5, 5.41) is 0. The molecule has 0 atom stereocenters. The lowest BCUT2D eigenvalue weighted by molar-refractivity contribution is 0.462. The van der Waals surface area contributed by atoms with Gasteiger partial charge in [0.2, 0.25) is 0 Å². The summed E-state index contributed by atoms with van der Waals surface area (Å²) in [4.78, 5) is 2.01. The van der Waals surface area contributed by atoms with Crippen LogP contribution in [-0.2, 0) is 18.3 Å². The smallest absolute Gasteiger partial charge is 0.372 e. The van der Waals surface area contributed by atoms with Gasteiger partial charge in [-0.15, -0.1) is 0 Å². The van der Waals surface area contributed by atoms with Gasteiger partial charge < -0.3 is 9.08 Å². The van der Waals surface area contributed by atoms with E-state index >= 15 is 0 Å². The van der Waals surface area contributed by atoms with Gasteiger partial charge in [0.15, 0.2) is 0 Å². The molecule has 0 fully saturated rings. The Kier molecular flexibility index (Phi) is 4.77. The maximum atomic E-state index is 11.1. The van der Waals surface area contributed by atoms with E-state index in [4.69, 9.17) is 4.55 Å². The molecule has 1 N–H and O–H groups in total. The Morgan fingerprint density at radius 1 is 1.05 bits per heavy atom. The largest absolute Gasteiger partial charge is 0.444 e. The molecule has 0 aliphatic carbocycles. The number of hydrogen-bond donors (Lipinski definition) is 1. The molecule has 0 saturated carbocycles. The van der Waals surface area contributed by atoms with Crippen LogP contribution in [-0.4, -0.2) is 34.5 Å². The van der Waals surface area contributed by atoms with E-state index in [1.807, 2.05) is 18.7 Å². The second-order valence-corrected chi connectivity index (χ2v) is 7.91. The monoisotopic (exact) mass is 309 g/mol. The standard InChI is InChI=1S/C10H15NO6S2/c1-3-11(4-2)9-5-7-10(8-6-9)17-19(15,16)18(12,13)14/h5-8H,3-4H2,1-2H3,(H,12,13,14). The molecule has 0 amide bonds. The maximum absolute atomic E-state index is 11.1. The highest BCUT2D eigenvalue weighted by molar-refractivity contribution is 8.63. The molecule has 0 bridgehead atoms. The summed E-state index contributed by atoms with van der Waals surface area (Å²) in [6.45, 7) is 5.49. The Morgan fingerprint density at radius 3 is 1.89 bits per heavy atom. The fourth-order valence-corrected chi connectivity index (χ4v) is 2.39. The van der Waals surface area contributed by atoms with Crippen molar-refractivity contribution in [1.29, 1.82) is 0 Å². The molecular weight excluding hydrogens is 294 g/mol. The number of nitrogens with zero attached hydrogens (tertiary/aromatic N) is 1. The van der Waals surface area contributed by atoms with Crippen LogP contribution in [0.5, 0.6) is 5.75 Å². The van der Waals surface area contributed by atoms with Crippen LogP contribution >= 0.6 is 0 Å². The van der Waals surface area contributed by atoms with E-state index in [0.29, 0.717) is 0 Å². The summed E-state index contributed by atoms with van der Waals surface area (Å²) in [6, 6.07) is 5.83. The molecule has 1 aromatic rings. The predicted molar refractivity (Wildman–Crippen MR) is 71.1 cm³/mol. The minimum absolute atomic E-state index is 0.187. The molecule has 0 heterocycles. The molecular formula is C10H15NO6S2. The average molecular weight is 309 g/mol. The minimum Gasteiger partial charge on any atom is -0.372 e. The average Bonchev–Trinajstić information content (AvgIpc) is 2.31. The van der Waals surface area contributed by atoms with E-state index in [9.17, 15) is 16.8 Å². The van der Waals surface area contributed by atoms with Gasteiger partial charge in [-0.05, 0) is 38.1 Å². The molecule has 1 aromatic carbocycles. The van der Waals surface area contributed by atoms with Gasteiger partial charge in [-0.3, -0.25) is 4.55 Å². The third kappa shape index (κ3) is 3.82. The lowest BCUT2D eigenvalue weighted by Crippen LogP contribution is -2.22. The highest BCUT2D eigenvalue weighted by Crippen LogP contribution is 2.21. The normalized spacial score (nSPS) is 12.2. The molecule has 0 radical (unpaired) electrons.